The van der Waals surface area contributed by atoms with Crippen LogP contribution in [0.4, 0.5) is 11.4 Å². The van der Waals surface area contributed by atoms with Crippen LogP contribution in [0.5, 0.6) is 0 Å². The van der Waals surface area contributed by atoms with Gasteiger partial charge >= 0.3 is 0 Å². The van der Waals surface area contributed by atoms with Crippen LogP contribution < -0.4 is 11.5 Å². The van der Waals surface area contributed by atoms with Gasteiger partial charge in [-0.3, -0.25) is 0 Å². The molecule has 4 N–H and O–H groups in total. The van der Waals surface area contributed by atoms with Gasteiger partial charge in [0, 0.05) is 6.07 Å². The molecule has 5 heteroatoms. The standard InChI is InChI=1S/C5H5Cl2N3.C2H6/c6-3-1-2(8)4(9)5(7)10-3;1-2/h1H,9H2,(H2,8,10);1-2H3. The SMILES string of the molecule is CC.Nc1cc(Cl)nc(Cl)c1N. The van der Waals surface area contributed by atoms with Crippen molar-refractivity contribution in [3.05, 3.63) is 16.4 Å². The number of nitrogens with two attached hydrogens (primary N) is 2. The molecule has 68 valence electrons. The number of hydrogen-bond acceptors (Lipinski definition) is 3. The van der Waals surface area contributed by atoms with Crippen molar-refractivity contribution >= 4 is 34.6 Å². The second kappa shape index (κ2) is 5.06. The summed E-state index contributed by atoms with van der Waals surface area (Å²) >= 11 is 11.0. The number of nitrogens with zero attached hydrogens (tertiary/aromatic N) is 1. The molecule has 0 atom stereocenters. The number of pyridine rings is 1. The number of hydrogen-bond donors (Lipinski definition) is 2. The minimum absolute atomic E-state index is 0.144. The highest BCUT2D eigenvalue weighted by Gasteiger charge is 2.02. The van der Waals surface area contributed by atoms with Crippen LogP contribution in [0.3, 0.4) is 0 Å². The largest absolute Gasteiger partial charge is 0.397 e. The smallest absolute Gasteiger partial charge is 0.155 e. The van der Waals surface area contributed by atoms with Crippen molar-refractivity contribution in [2.75, 3.05) is 11.5 Å². The van der Waals surface area contributed by atoms with Crippen LogP contribution in [0.2, 0.25) is 10.3 Å². The first kappa shape index (κ1) is 11.3. The molecule has 0 bridgehead atoms. The number of nitrogen functional groups attached to an aromatic ring is 2. The summed E-state index contributed by atoms with van der Waals surface area (Å²) in [5.74, 6) is 0. The molecule has 1 aromatic heterocycles. The Morgan fingerprint density at radius 1 is 1.25 bits per heavy atom. The molecule has 0 radical (unpaired) electrons. The Morgan fingerprint density at radius 3 is 2.17 bits per heavy atom. The lowest BCUT2D eigenvalue weighted by Crippen LogP contribution is -1.96. The number of anilines is 2. The third-order valence-corrected chi connectivity index (χ3v) is 1.49. The van der Waals surface area contributed by atoms with Crippen molar-refractivity contribution in [3.63, 3.8) is 0 Å². The van der Waals surface area contributed by atoms with Gasteiger partial charge in [-0.15, -0.1) is 0 Å². The van der Waals surface area contributed by atoms with E-state index in [1.54, 1.807) is 0 Å². The minimum atomic E-state index is 0.144. The van der Waals surface area contributed by atoms with Crippen molar-refractivity contribution in [1.82, 2.24) is 4.98 Å². The van der Waals surface area contributed by atoms with Crippen LogP contribution in [-0.2, 0) is 0 Å². The number of rotatable bonds is 0. The molecule has 0 spiro atoms. The second-order valence-corrected chi connectivity index (χ2v) is 2.48. The van der Waals surface area contributed by atoms with Gasteiger partial charge in [0.15, 0.2) is 5.15 Å². The summed E-state index contributed by atoms with van der Waals surface area (Å²) in [5.41, 5.74) is 11.4. The van der Waals surface area contributed by atoms with E-state index in [-0.39, 0.29) is 16.0 Å². The van der Waals surface area contributed by atoms with Gasteiger partial charge < -0.3 is 11.5 Å². The van der Waals surface area contributed by atoms with Crippen LogP contribution in [-0.4, -0.2) is 4.98 Å². The zero-order valence-electron chi connectivity index (χ0n) is 6.94. The van der Waals surface area contributed by atoms with Crippen molar-refractivity contribution in [2.45, 2.75) is 13.8 Å². The maximum atomic E-state index is 5.52. The molecule has 12 heavy (non-hydrogen) atoms. The van der Waals surface area contributed by atoms with Crippen molar-refractivity contribution in [3.8, 4) is 0 Å². The zero-order valence-corrected chi connectivity index (χ0v) is 8.45. The summed E-state index contributed by atoms with van der Waals surface area (Å²) in [6, 6.07) is 1.45. The summed E-state index contributed by atoms with van der Waals surface area (Å²) in [4.78, 5) is 3.66. The maximum absolute atomic E-state index is 5.52. The molecule has 0 aliphatic rings. The summed E-state index contributed by atoms with van der Waals surface area (Å²) in [7, 11) is 0. The van der Waals surface area contributed by atoms with Gasteiger partial charge in [-0.05, 0) is 0 Å². The Morgan fingerprint density at radius 2 is 1.75 bits per heavy atom. The Labute approximate surface area is 81.7 Å². The molecule has 0 saturated carbocycles. The van der Waals surface area contributed by atoms with Gasteiger partial charge in [-0.25, -0.2) is 4.98 Å². The molecule has 0 aromatic carbocycles. The van der Waals surface area contributed by atoms with Crippen molar-refractivity contribution in [1.29, 1.82) is 0 Å². The van der Waals surface area contributed by atoms with Gasteiger partial charge in [-0.1, -0.05) is 37.0 Å². The van der Waals surface area contributed by atoms with Gasteiger partial charge in [-0.2, -0.15) is 0 Å². The van der Waals surface area contributed by atoms with E-state index in [0.717, 1.165) is 0 Å². The van der Waals surface area contributed by atoms with Crippen LogP contribution in [0.15, 0.2) is 6.07 Å². The van der Waals surface area contributed by atoms with E-state index in [1.165, 1.54) is 6.07 Å². The fourth-order valence-electron chi connectivity index (χ4n) is 0.511. The first-order valence-corrected chi connectivity index (χ1v) is 4.24. The lowest BCUT2D eigenvalue weighted by atomic mass is 10.4. The van der Waals surface area contributed by atoms with Crippen LogP contribution in [0, 0.1) is 0 Å². The van der Waals surface area contributed by atoms with Gasteiger partial charge in [0.2, 0.25) is 0 Å². The van der Waals surface area contributed by atoms with Crippen molar-refractivity contribution in [2.24, 2.45) is 0 Å². The summed E-state index contributed by atoms with van der Waals surface area (Å²) in [5, 5.41) is 0.390. The van der Waals surface area contributed by atoms with Crippen LogP contribution >= 0.6 is 23.2 Å². The summed E-state index contributed by atoms with van der Waals surface area (Å²) in [6.45, 7) is 4.00. The second-order valence-electron chi connectivity index (χ2n) is 1.74. The molecular formula is C7H11Cl2N3. The number of halogens is 2. The molecule has 0 fully saturated rings. The molecule has 0 amide bonds. The molecule has 0 aliphatic carbocycles. The van der Waals surface area contributed by atoms with Crippen molar-refractivity contribution < 1.29 is 0 Å². The van der Waals surface area contributed by atoms with Gasteiger partial charge in [0.05, 0.1) is 11.4 Å². The van der Waals surface area contributed by atoms with E-state index < -0.39 is 0 Å². The molecule has 1 aromatic rings. The summed E-state index contributed by atoms with van der Waals surface area (Å²) < 4.78 is 0. The molecule has 0 unspecified atom stereocenters. The fourth-order valence-corrected chi connectivity index (χ4v) is 0.957. The van der Waals surface area contributed by atoms with Crippen LogP contribution in [0.1, 0.15) is 13.8 Å². The fraction of sp³-hybridized carbons (Fsp3) is 0.286. The van der Waals surface area contributed by atoms with Gasteiger partial charge in [0.1, 0.15) is 5.15 Å². The van der Waals surface area contributed by atoms with Crippen LogP contribution in [0.25, 0.3) is 0 Å². The minimum Gasteiger partial charge on any atom is -0.397 e. The van der Waals surface area contributed by atoms with E-state index in [1.807, 2.05) is 13.8 Å². The zero-order chi connectivity index (χ0) is 9.72. The lowest BCUT2D eigenvalue weighted by molar-refractivity contribution is 1.33. The van der Waals surface area contributed by atoms with E-state index >= 15 is 0 Å². The average molecular weight is 208 g/mol. The maximum Gasteiger partial charge on any atom is 0.155 e. The number of aromatic nitrogens is 1. The highest BCUT2D eigenvalue weighted by molar-refractivity contribution is 6.34. The molecule has 1 heterocycles. The third kappa shape index (κ3) is 2.75. The Kier molecular flexibility index (Phi) is 4.78. The van der Waals surface area contributed by atoms with E-state index in [0.29, 0.717) is 5.69 Å². The first-order chi connectivity index (χ1) is 5.61. The molecule has 3 nitrogen and oxygen atoms in total. The molecule has 1 rings (SSSR count). The van der Waals surface area contributed by atoms with E-state index in [9.17, 15) is 0 Å². The predicted octanol–water partition coefficient (Wildman–Crippen LogP) is 2.58. The monoisotopic (exact) mass is 207 g/mol. The lowest BCUT2D eigenvalue weighted by Gasteiger charge is -2.00. The quantitative estimate of drug-likeness (QED) is 0.644. The molecule has 0 saturated heterocycles. The average Bonchev–Trinajstić information content (AvgIpc) is 2.04. The normalized spacial score (nSPS) is 8.67. The highest BCUT2D eigenvalue weighted by Crippen LogP contribution is 2.25. The Balaban J connectivity index is 0.000000561. The summed E-state index contributed by atoms with van der Waals surface area (Å²) in [6.07, 6.45) is 0. The van der Waals surface area contributed by atoms with Gasteiger partial charge in [0.25, 0.3) is 0 Å². The Hall–Kier alpha value is -0.670. The Bertz CT molecular complexity index is 240. The molecular weight excluding hydrogens is 197 g/mol. The predicted molar refractivity (Wildman–Crippen MR) is 54.4 cm³/mol. The van der Waals surface area contributed by atoms with E-state index in [2.05, 4.69) is 4.98 Å². The molecule has 0 aliphatic heterocycles. The topological polar surface area (TPSA) is 64.9 Å². The first-order valence-electron chi connectivity index (χ1n) is 3.48. The highest BCUT2D eigenvalue weighted by atomic mass is 35.5. The van der Waals surface area contributed by atoms with E-state index in [4.69, 9.17) is 34.7 Å². The third-order valence-electron chi connectivity index (χ3n) is 1.01.